The standard InChI is InChI=1S/C11H21NO4/c1-10(2,3)11(7-13)5-8(16-4)6-12(11)9(14)15/h8,13H,5-7H2,1-4H3,(H,14,15)/t8-,11+/m0/s1. The Morgan fingerprint density at radius 3 is 2.38 bits per heavy atom. The summed E-state index contributed by atoms with van der Waals surface area (Å²) >= 11 is 0. The number of hydrogen-bond donors (Lipinski definition) is 2. The van der Waals surface area contributed by atoms with Gasteiger partial charge >= 0.3 is 6.09 Å². The average molecular weight is 231 g/mol. The highest BCUT2D eigenvalue weighted by molar-refractivity contribution is 5.67. The minimum Gasteiger partial charge on any atom is -0.465 e. The summed E-state index contributed by atoms with van der Waals surface area (Å²) in [6, 6.07) is 0. The Balaban J connectivity index is 3.10. The minimum atomic E-state index is -0.997. The van der Waals surface area contributed by atoms with Crippen LogP contribution in [0.25, 0.3) is 0 Å². The first-order chi connectivity index (χ1) is 7.28. The molecule has 5 nitrogen and oxygen atoms in total. The van der Waals surface area contributed by atoms with Gasteiger partial charge < -0.3 is 14.9 Å². The Hall–Kier alpha value is -0.810. The van der Waals surface area contributed by atoms with Crippen LogP contribution in [0.5, 0.6) is 0 Å². The van der Waals surface area contributed by atoms with E-state index in [9.17, 15) is 15.0 Å². The summed E-state index contributed by atoms with van der Waals surface area (Å²) in [6.45, 7) is 5.97. The number of aliphatic hydroxyl groups excluding tert-OH is 1. The molecule has 0 aromatic rings. The van der Waals surface area contributed by atoms with Crippen molar-refractivity contribution in [3.8, 4) is 0 Å². The predicted octanol–water partition coefficient (Wildman–Crippen LogP) is 1.16. The van der Waals surface area contributed by atoms with Crippen molar-refractivity contribution in [2.45, 2.75) is 38.8 Å². The number of likely N-dealkylation sites (tertiary alicyclic amines) is 1. The molecule has 1 aliphatic rings. The van der Waals surface area contributed by atoms with Crippen molar-refractivity contribution in [3.63, 3.8) is 0 Å². The van der Waals surface area contributed by atoms with Gasteiger partial charge in [0.1, 0.15) is 0 Å². The molecular formula is C11H21NO4. The predicted molar refractivity (Wildman–Crippen MR) is 59.4 cm³/mol. The van der Waals surface area contributed by atoms with Gasteiger partial charge in [-0.05, 0) is 5.41 Å². The molecule has 0 saturated carbocycles. The van der Waals surface area contributed by atoms with E-state index in [2.05, 4.69) is 0 Å². The largest absolute Gasteiger partial charge is 0.465 e. The van der Waals surface area contributed by atoms with E-state index >= 15 is 0 Å². The van der Waals surface area contributed by atoms with Crippen molar-refractivity contribution >= 4 is 6.09 Å². The second-order valence-electron chi connectivity index (χ2n) is 5.39. The molecule has 1 heterocycles. The lowest BCUT2D eigenvalue weighted by atomic mass is 9.72. The van der Waals surface area contributed by atoms with Gasteiger partial charge in [-0.1, -0.05) is 20.8 Å². The maximum atomic E-state index is 11.2. The number of carbonyl (C=O) groups is 1. The lowest BCUT2D eigenvalue weighted by Crippen LogP contribution is -2.57. The molecule has 1 rings (SSSR count). The molecule has 0 bridgehead atoms. The molecule has 0 aromatic carbocycles. The van der Waals surface area contributed by atoms with Crippen LogP contribution in [0.2, 0.25) is 0 Å². The van der Waals surface area contributed by atoms with Gasteiger partial charge in [0.25, 0.3) is 0 Å². The van der Waals surface area contributed by atoms with Crippen LogP contribution in [-0.2, 0) is 4.74 Å². The summed E-state index contributed by atoms with van der Waals surface area (Å²) in [5.41, 5.74) is -1.08. The summed E-state index contributed by atoms with van der Waals surface area (Å²) in [5, 5.41) is 18.8. The zero-order valence-electron chi connectivity index (χ0n) is 10.4. The molecule has 1 aliphatic heterocycles. The van der Waals surface area contributed by atoms with Crippen LogP contribution in [0.3, 0.4) is 0 Å². The van der Waals surface area contributed by atoms with Crippen molar-refractivity contribution < 1.29 is 19.7 Å². The highest BCUT2D eigenvalue weighted by atomic mass is 16.5. The molecular weight excluding hydrogens is 210 g/mol. The molecule has 0 aromatic heterocycles. The number of hydrogen-bond acceptors (Lipinski definition) is 3. The summed E-state index contributed by atoms with van der Waals surface area (Å²) in [6.07, 6.45) is -0.596. The molecule has 0 spiro atoms. The van der Waals surface area contributed by atoms with Gasteiger partial charge in [-0.2, -0.15) is 0 Å². The Morgan fingerprint density at radius 1 is 1.56 bits per heavy atom. The van der Waals surface area contributed by atoms with Crippen molar-refractivity contribution in [2.75, 3.05) is 20.3 Å². The molecule has 0 unspecified atom stereocenters. The average Bonchev–Trinajstić information content (AvgIpc) is 2.56. The lowest BCUT2D eigenvalue weighted by Gasteiger charge is -2.45. The molecule has 1 saturated heterocycles. The summed E-state index contributed by atoms with van der Waals surface area (Å²) in [7, 11) is 1.57. The van der Waals surface area contributed by atoms with Crippen LogP contribution in [0, 0.1) is 5.41 Å². The van der Waals surface area contributed by atoms with Crippen LogP contribution in [0.1, 0.15) is 27.2 Å². The number of methoxy groups -OCH3 is 1. The van der Waals surface area contributed by atoms with E-state index in [1.807, 2.05) is 20.8 Å². The Labute approximate surface area is 96.0 Å². The molecule has 2 N–H and O–H groups in total. The maximum absolute atomic E-state index is 11.2. The molecule has 0 radical (unpaired) electrons. The molecule has 2 atom stereocenters. The highest BCUT2D eigenvalue weighted by Gasteiger charge is 2.54. The number of ether oxygens (including phenoxy) is 1. The van der Waals surface area contributed by atoms with Crippen LogP contribution < -0.4 is 0 Å². The topological polar surface area (TPSA) is 70.0 Å². The van der Waals surface area contributed by atoms with Gasteiger partial charge in [0.2, 0.25) is 0 Å². The Kier molecular flexibility index (Phi) is 3.50. The first kappa shape index (κ1) is 13.3. The van der Waals surface area contributed by atoms with Gasteiger partial charge in [0.05, 0.1) is 24.8 Å². The van der Waals surface area contributed by atoms with Crippen LogP contribution in [-0.4, -0.2) is 53.1 Å². The van der Waals surface area contributed by atoms with Crippen LogP contribution >= 0.6 is 0 Å². The fraction of sp³-hybridized carbons (Fsp3) is 0.909. The molecule has 5 heteroatoms. The third-order valence-electron chi connectivity index (χ3n) is 3.69. The summed E-state index contributed by atoms with van der Waals surface area (Å²) in [5.74, 6) is 0. The first-order valence-corrected chi connectivity index (χ1v) is 5.42. The molecule has 1 amide bonds. The van der Waals surface area contributed by atoms with E-state index in [-0.39, 0.29) is 18.1 Å². The van der Waals surface area contributed by atoms with Gasteiger partial charge in [-0.3, -0.25) is 4.90 Å². The van der Waals surface area contributed by atoms with Gasteiger partial charge in [-0.25, -0.2) is 4.79 Å². The molecule has 16 heavy (non-hydrogen) atoms. The van der Waals surface area contributed by atoms with E-state index in [0.29, 0.717) is 13.0 Å². The van der Waals surface area contributed by atoms with Gasteiger partial charge in [0.15, 0.2) is 0 Å². The number of rotatable bonds is 2. The van der Waals surface area contributed by atoms with E-state index in [0.717, 1.165) is 0 Å². The maximum Gasteiger partial charge on any atom is 0.407 e. The first-order valence-electron chi connectivity index (χ1n) is 5.42. The highest BCUT2D eigenvalue weighted by Crippen LogP contribution is 2.44. The minimum absolute atomic E-state index is 0.137. The van der Waals surface area contributed by atoms with Crippen LogP contribution in [0.15, 0.2) is 0 Å². The van der Waals surface area contributed by atoms with Crippen LogP contribution in [0.4, 0.5) is 4.79 Å². The lowest BCUT2D eigenvalue weighted by molar-refractivity contribution is -0.0127. The zero-order valence-corrected chi connectivity index (χ0v) is 10.4. The molecule has 94 valence electrons. The van der Waals surface area contributed by atoms with E-state index in [1.54, 1.807) is 7.11 Å². The summed E-state index contributed by atoms with van der Waals surface area (Å²) in [4.78, 5) is 12.6. The molecule has 0 aliphatic carbocycles. The zero-order chi connectivity index (χ0) is 12.6. The second kappa shape index (κ2) is 4.22. The number of nitrogens with zero attached hydrogens (tertiary/aromatic N) is 1. The SMILES string of the molecule is CO[C@@H]1CN(C(=O)O)[C@](CO)(C(C)(C)C)C1. The third kappa shape index (κ3) is 1.89. The Morgan fingerprint density at radius 2 is 2.12 bits per heavy atom. The van der Waals surface area contributed by atoms with Crippen molar-refractivity contribution in [1.82, 2.24) is 4.90 Å². The molecule has 1 fully saturated rings. The van der Waals surface area contributed by atoms with E-state index in [1.165, 1.54) is 4.90 Å². The van der Waals surface area contributed by atoms with Gasteiger partial charge in [-0.15, -0.1) is 0 Å². The van der Waals surface area contributed by atoms with Crippen molar-refractivity contribution in [2.24, 2.45) is 5.41 Å². The second-order valence-corrected chi connectivity index (χ2v) is 5.39. The quantitative estimate of drug-likeness (QED) is 0.748. The Bertz CT molecular complexity index is 274. The van der Waals surface area contributed by atoms with E-state index in [4.69, 9.17) is 4.74 Å². The fourth-order valence-electron chi connectivity index (χ4n) is 2.45. The third-order valence-corrected chi connectivity index (χ3v) is 3.69. The monoisotopic (exact) mass is 231 g/mol. The summed E-state index contributed by atoms with van der Waals surface area (Å²) < 4.78 is 5.23. The van der Waals surface area contributed by atoms with Gasteiger partial charge in [0, 0.05) is 13.5 Å². The van der Waals surface area contributed by atoms with Crippen molar-refractivity contribution in [1.29, 1.82) is 0 Å². The number of aliphatic hydroxyl groups is 1. The fourth-order valence-corrected chi connectivity index (χ4v) is 2.45. The number of carboxylic acid groups (broad SMARTS) is 1. The van der Waals surface area contributed by atoms with Crippen molar-refractivity contribution in [3.05, 3.63) is 0 Å². The normalized spacial score (nSPS) is 30.8. The van der Waals surface area contributed by atoms with E-state index < -0.39 is 11.6 Å². The smallest absolute Gasteiger partial charge is 0.407 e. The number of amides is 1.